The fraction of sp³-hybridized carbons (Fsp3) is 0.409. The average Bonchev–Trinajstić information content (AvgIpc) is 3.52. The van der Waals surface area contributed by atoms with Crippen molar-refractivity contribution in [2.45, 2.75) is 61.7 Å². The number of sulfone groups is 1. The lowest BCUT2D eigenvalue weighted by molar-refractivity contribution is -0.110. The van der Waals surface area contributed by atoms with Gasteiger partial charge in [-0.3, -0.25) is 9.59 Å². The quantitative estimate of drug-likeness (QED) is 0.367. The summed E-state index contributed by atoms with van der Waals surface area (Å²) in [5, 5.41) is 6.40. The maximum Gasteiger partial charge on any atom is 0.279 e. The zero-order valence-corrected chi connectivity index (χ0v) is 18.5. The first-order valence-electron chi connectivity index (χ1n) is 10.6. The fourth-order valence-corrected chi connectivity index (χ4v) is 5.13. The number of nitrogens with one attached hydrogen (secondary N) is 1. The van der Waals surface area contributed by atoms with Crippen molar-refractivity contribution < 1.29 is 22.8 Å². The van der Waals surface area contributed by atoms with Crippen LogP contribution in [0.15, 0.2) is 46.7 Å². The third kappa shape index (κ3) is 5.01. The van der Waals surface area contributed by atoms with E-state index in [0.29, 0.717) is 18.4 Å². The summed E-state index contributed by atoms with van der Waals surface area (Å²) in [6.07, 6.45) is 7.71. The number of carbonyl (C=O) groups excluding carboxylic acids is 2. The molecule has 0 saturated heterocycles. The molecule has 0 spiro atoms. The van der Waals surface area contributed by atoms with E-state index in [2.05, 4.69) is 20.4 Å². The summed E-state index contributed by atoms with van der Waals surface area (Å²) in [5.41, 5.74) is 0.613. The summed E-state index contributed by atoms with van der Waals surface area (Å²) in [5.74, 6) is -0.656. The fourth-order valence-electron chi connectivity index (χ4n) is 3.47. The number of rotatable bonds is 8. The number of carbonyl (C=O) groups is 2. The largest absolute Gasteiger partial charge is 0.392 e. The van der Waals surface area contributed by atoms with Crippen LogP contribution in [0, 0.1) is 0 Å². The molecule has 2 aliphatic rings. The Bertz CT molecular complexity index is 1130. The van der Waals surface area contributed by atoms with Crippen molar-refractivity contribution in [3.05, 3.63) is 47.9 Å². The van der Waals surface area contributed by atoms with Gasteiger partial charge in [0.25, 0.3) is 5.91 Å². The first kappa shape index (κ1) is 22.1. The number of oxime groups is 1. The number of ketones is 1. The minimum absolute atomic E-state index is 0.00437. The van der Waals surface area contributed by atoms with E-state index in [1.54, 1.807) is 12.1 Å². The van der Waals surface area contributed by atoms with Crippen molar-refractivity contribution in [2.75, 3.05) is 5.32 Å². The minimum Gasteiger partial charge on any atom is -0.392 e. The highest BCUT2D eigenvalue weighted by Gasteiger charge is 2.36. The van der Waals surface area contributed by atoms with Crippen molar-refractivity contribution in [1.29, 1.82) is 0 Å². The van der Waals surface area contributed by atoms with Crippen molar-refractivity contribution in [3.8, 4) is 0 Å². The number of benzene rings is 1. The van der Waals surface area contributed by atoms with Crippen LogP contribution in [0.4, 0.5) is 5.82 Å². The molecule has 0 unspecified atom stereocenters. The Hall–Kier alpha value is -3.14. The van der Waals surface area contributed by atoms with E-state index in [1.165, 1.54) is 31.5 Å². The lowest BCUT2D eigenvalue weighted by atomic mass is 10.1. The molecule has 1 aromatic carbocycles. The standard InChI is InChI=1S/C22H24N4O5S/c1-14(27)19-12-24-20(13-23-19)25-22(28)21(26-31-16-4-2-3-5-16)15-6-8-17(9-7-15)32(29,30)18-10-11-18/h6-9,12-13,16,18H,2-5,10-11H2,1H3,(H,24,25,28)/b26-21+. The second-order valence-corrected chi connectivity index (χ2v) is 10.2. The van der Waals surface area contributed by atoms with Gasteiger partial charge in [0, 0.05) is 12.5 Å². The molecule has 0 atom stereocenters. The van der Waals surface area contributed by atoms with Crippen LogP contribution in [0.5, 0.6) is 0 Å². The molecule has 9 nitrogen and oxygen atoms in total. The number of Topliss-reactive ketones (excluding diaryl/α,β-unsaturated/α-hetero) is 1. The van der Waals surface area contributed by atoms with Crippen molar-refractivity contribution in [1.82, 2.24) is 9.97 Å². The highest BCUT2D eigenvalue weighted by Crippen LogP contribution is 2.33. The zero-order chi connectivity index (χ0) is 22.7. The van der Waals surface area contributed by atoms with Gasteiger partial charge in [-0.05, 0) is 50.7 Å². The number of hydrogen-bond acceptors (Lipinski definition) is 8. The molecule has 1 heterocycles. The van der Waals surface area contributed by atoms with E-state index in [9.17, 15) is 18.0 Å². The average molecular weight is 457 g/mol. The molecule has 0 bridgehead atoms. The Morgan fingerprint density at radius 3 is 2.28 bits per heavy atom. The predicted molar refractivity (Wildman–Crippen MR) is 117 cm³/mol. The number of hydrogen-bond donors (Lipinski definition) is 1. The van der Waals surface area contributed by atoms with Gasteiger partial charge in [0.2, 0.25) is 0 Å². The van der Waals surface area contributed by atoms with Crippen LogP contribution in [0.1, 0.15) is 61.5 Å². The Labute approximate surface area is 186 Å². The molecule has 1 amide bonds. The summed E-state index contributed by atoms with van der Waals surface area (Å²) in [4.78, 5) is 38.2. The molecule has 0 aliphatic heterocycles. The molecule has 2 aliphatic carbocycles. The lowest BCUT2D eigenvalue weighted by Crippen LogP contribution is -2.25. The van der Waals surface area contributed by atoms with Gasteiger partial charge in [-0.15, -0.1) is 0 Å². The highest BCUT2D eigenvalue weighted by atomic mass is 32.2. The van der Waals surface area contributed by atoms with Gasteiger partial charge >= 0.3 is 0 Å². The predicted octanol–water partition coefficient (Wildman–Crippen LogP) is 2.92. The second-order valence-electron chi connectivity index (χ2n) is 8.02. The molecule has 0 radical (unpaired) electrons. The Morgan fingerprint density at radius 1 is 1.03 bits per heavy atom. The third-order valence-corrected chi connectivity index (χ3v) is 7.76. The van der Waals surface area contributed by atoms with E-state index >= 15 is 0 Å². The van der Waals surface area contributed by atoms with Crippen LogP contribution in [0.3, 0.4) is 0 Å². The van der Waals surface area contributed by atoms with Crippen molar-refractivity contribution in [3.63, 3.8) is 0 Å². The number of aromatic nitrogens is 2. The Balaban J connectivity index is 1.57. The molecule has 1 N–H and O–H groups in total. The van der Waals surface area contributed by atoms with Gasteiger partial charge in [0.1, 0.15) is 11.8 Å². The summed E-state index contributed by atoms with van der Waals surface area (Å²) >= 11 is 0. The topological polar surface area (TPSA) is 128 Å². The molecule has 32 heavy (non-hydrogen) atoms. The van der Waals surface area contributed by atoms with E-state index < -0.39 is 15.7 Å². The normalized spacial score (nSPS) is 17.2. The molecule has 4 rings (SSSR count). The van der Waals surface area contributed by atoms with Crippen LogP contribution in [0.2, 0.25) is 0 Å². The number of nitrogens with zero attached hydrogens (tertiary/aromatic N) is 3. The summed E-state index contributed by atoms with van der Waals surface area (Å²) in [6.45, 7) is 1.38. The van der Waals surface area contributed by atoms with Crippen molar-refractivity contribution >= 4 is 33.1 Å². The van der Waals surface area contributed by atoms with Crippen LogP contribution in [0.25, 0.3) is 0 Å². The first-order valence-corrected chi connectivity index (χ1v) is 12.1. The van der Waals surface area contributed by atoms with Gasteiger partial charge in [-0.2, -0.15) is 0 Å². The van der Waals surface area contributed by atoms with Gasteiger partial charge in [0.15, 0.2) is 27.2 Å². The van der Waals surface area contributed by atoms with Crippen molar-refractivity contribution in [2.24, 2.45) is 5.16 Å². The molecule has 10 heteroatoms. The van der Waals surface area contributed by atoms with Gasteiger partial charge in [-0.25, -0.2) is 18.4 Å². The molecule has 2 aromatic rings. The minimum atomic E-state index is -3.33. The molecular weight excluding hydrogens is 432 g/mol. The van der Waals surface area contributed by atoms with Gasteiger partial charge < -0.3 is 10.2 Å². The lowest BCUT2D eigenvalue weighted by Gasteiger charge is -2.11. The molecule has 2 fully saturated rings. The maximum absolute atomic E-state index is 13.0. The van der Waals surface area contributed by atoms with Crippen LogP contribution < -0.4 is 5.32 Å². The van der Waals surface area contributed by atoms with Crippen LogP contribution in [-0.4, -0.2) is 47.1 Å². The third-order valence-electron chi connectivity index (χ3n) is 5.48. The Morgan fingerprint density at radius 2 is 1.72 bits per heavy atom. The molecule has 168 valence electrons. The molecule has 1 aromatic heterocycles. The van der Waals surface area contributed by atoms with E-state index in [4.69, 9.17) is 4.84 Å². The summed E-state index contributed by atoms with van der Waals surface area (Å²) < 4.78 is 24.9. The zero-order valence-electron chi connectivity index (χ0n) is 17.7. The summed E-state index contributed by atoms with van der Waals surface area (Å²) in [7, 11) is -3.33. The molecular formula is C22H24N4O5S. The van der Waals surface area contributed by atoms with E-state index in [1.807, 2.05) is 0 Å². The van der Waals surface area contributed by atoms with Gasteiger partial charge in [-0.1, -0.05) is 17.3 Å². The number of anilines is 1. The smallest absolute Gasteiger partial charge is 0.279 e. The Kier molecular flexibility index (Phi) is 6.31. The maximum atomic E-state index is 13.0. The van der Waals surface area contributed by atoms with Crippen LogP contribution >= 0.6 is 0 Å². The van der Waals surface area contributed by atoms with Gasteiger partial charge in [0.05, 0.1) is 22.5 Å². The monoisotopic (exact) mass is 456 g/mol. The number of amides is 1. The molecule has 2 saturated carbocycles. The second kappa shape index (κ2) is 9.15. The summed E-state index contributed by atoms with van der Waals surface area (Å²) in [6, 6.07) is 6.08. The van der Waals surface area contributed by atoms with E-state index in [0.717, 1.165) is 25.7 Å². The highest BCUT2D eigenvalue weighted by molar-refractivity contribution is 7.92. The first-order chi connectivity index (χ1) is 15.3. The van der Waals surface area contributed by atoms with E-state index in [-0.39, 0.29) is 39.3 Å². The van der Waals surface area contributed by atoms with Crippen LogP contribution in [-0.2, 0) is 19.5 Å². The SMILES string of the molecule is CC(=O)c1cnc(NC(=O)/C(=N/OC2CCCC2)c2ccc(S(=O)(=O)C3CC3)cc2)cn1.